The van der Waals surface area contributed by atoms with Crippen molar-refractivity contribution in [1.29, 1.82) is 0 Å². The van der Waals surface area contributed by atoms with E-state index in [1.165, 1.54) is 6.20 Å². The van der Waals surface area contributed by atoms with E-state index in [1.807, 2.05) is 0 Å². The number of nitrogens with zero attached hydrogens (tertiary/aromatic N) is 1. The molecule has 0 radical (unpaired) electrons. The number of nitrogens with one attached hydrogen (secondary N) is 1. The Kier molecular flexibility index (Phi) is 6.42. The van der Waals surface area contributed by atoms with Crippen LogP contribution in [0.1, 0.15) is 12.5 Å². The first kappa shape index (κ1) is 21.8. The molecule has 1 aromatic heterocycles. The number of anilines is 2. The van der Waals surface area contributed by atoms with Crippen LogP contribution in [-0.4, -0.2) is 19.2 Å². The van der Waals surface area contributed by atoms with Crippen molar-refractivity contribution in [2.45, 2.75) is 13.5 Å². The Balaban J connectivity index is 1.81. The van der Waals surface area contributed by atoms with Gasteiger partial charge in [0.25, 0.3) is 0 Å². The number of nitrogen functional groups attached to an aromatic ring is 1. The normalized spacial score (nSPS) is 11.3. The number of nitrogens with two attached hydrogens (primary N) is 1. The lowest BCUT2D eigenvalue weighted by molar-refractivity contribution is 0.300. The van der Waals surface area contributed by atoms with Crippen molar-refractivity contribution in [3.8, 4) is 16.9 Å². The third-order valence-corrected chi connectivity index (χ3v) is 5.98. The zero-order valence-electron chi connectivity index (χ0n) is 15.8. The van der Waals surface area contributed by atoms with Crippen LogP contribution in [0, 0.1) is 11.6 Å². The minimum Gasteiger partial charge on any atom is -0.485 e. The second kappa shape index (κ2) is 8.85. The van der Waals surface area contributed by atoms with E-state index in [9.17, 15) is 17.2 Å². The molecule has 0 saturated carbocycles. The lowest BCUT2D eigenvalue weighted by Crippen LogP contribution is -2.14. The van der Waals surface area contributed by atoms with Crippen LogP contribution in [0.5, 0.6) is 5.75 Å². The third-order valence-electron chi connectivity index (χ3n) is 4.26. The van der Waals surface area contributed by atoms with E-state index >= 15 is 0 Å². The Bertz CT molecular complexity index is 1170. The number of pyridine rings is 1. The molecule has 0 bridgehead atoms. The van der Waals surface area contributed by atoms with Crippen LogP contribution in [0.25, 0.3) is 11.1 Å². The number of rotatable bonds is 7. The number of aromatic nitrogens is 1. The van der Waals surface area contributed by atoms with E-state index in [2.05, 4.69) is 9.71 Å². The summed E-state index contributed by atoms with van der Waals surface area (Å²) in [4.78, 5) is 4.07. The van der Waals surface area contributed by atoms with Gasteiger partial charge in [-0.15, -0.1) is 0 Å². The van der Waals surface area contributed by atoms with E-state index in [0.717, 1.165) is 17.7 Å². The van der Waals surface area contributed by atoms with Gasteiger partial charge in [0.15, 0.2) is 11.6 Å². The molecule has 0 aliphatic rings. The monoisotopic (exact) mass is 453 g/mol. The van der Waals surface area contributed by atoms with E-state index in [1.54, 1.807) is 37.3 Å². The summed E-state index contributed by atoms with van der Waals surface area (Å²) in [5, 5.41) is -0.359. The minimum absolute atomic E-state index is 0.0345. The molecule has 2 aromatic carbocycles. The van der Waals surface area contributed by atoms with Gasteiger partial charge in [-0.2, -0.15) is 0 Å². The summed E-state index contributed by atoms with van der Waals surface area (Å²) in [7, 11) is -3.37. The third kappa shape index (κ3) is 4.98. The Morgan fingerprint density at radius 2 is 1.77 bits per heavy atom. The highest BCUT2D eigenvalue weighted by molar-refractivity contribution is 7.92. The molecule has 10 heteroatoms. The molecule has 0 aliphatic heterocycles. The Labute approximate surface area is 177 Å². The summed E-state index contributed by atoms with van der Waals surface area (Å²) < 4.78 is 58.8. The van der Waals surface area contributed by atoms with Gasteiger partial charge in [-0.1, -0.05) is 23.7 Å². The summed E-state index contributed by atoms with van der Waals surface area (Å²) in [5.41, 5.74) is 7.49. The molecule has 0 atom stereocenters. The average Bonchev–Trinajstić information content (AvgIpc) is 2.72. The smallest absolute Gasteiger partial charge is 0.232 e. The summed E-state index contributed by atoms with van der Waals surface area (Å²) in [6.07, 6.45) is 1.52. The van der Waals surface area contributed by atoms with Gasteiger partial charge in [0.05, 0.1) is 10.8 Å². The fourth-order valence-electron chi connectivity index (χ4n) is 2.56. The summed E-state index contributed by atoms with van der Waals surface area (Å²) in [5.74, 6) is -1.25. The number of hydrogen-bond acceptors (Lipinski definition) is 5. The van der Waals surface area contributed by atoms with Gasteiger partial charge >= 0.3 is 0 Å². The molecule has 0 saturated heterocycles. The van der Waals surface area contributed by atoms with Crippen molar-refractivity contribution in [1.82, 2.24) is 4.98 Å². The van der Waals surface area contributed by atoms with Crippen molar-refractivity contribution in [2.24, 2.45) is 0 Å². The molecule has 0 spiro atoms. The van der Waals surface area contributed by atoms with Crippen molar-refractivity contribution < 1.29 is 21.9 Å². The first-order chi connectivity index (χ1) is 14.2. The number of ether oxygens (including phenoxy) is 1. The quantitative estimate of drug-likeness (QED) is 0.510. The highest BCUT2D eigenvalue weighted by Crippen LogP contribution is 2.30. The van der Waals surface area contributed by atoms with Crippen LogP contribution in [-0.2, 0) is 16.6 Å². The molecule has 6 nitrogen and oxygen atoms in total. The predicted molar refractivity (Wildman–Crippen MR) is 113 cm³/mol. The fourth-order valence-corrected chi connectivity index (χ4v) is 3.41. The topological polar surface area (TPSA) is 94.3 Å². The zero-order chi connectivity index (χ0) is 21.9. The molecule has 158 valence electrons. The van der Waals surface area contributed by atoms with Crippen LogP contribution < -0.4 is 15.2 Å². The SMILES string of the molecule is CCS(=O)(=O)Nc1ccc(-c2cnc(N)c(OCc3c(F)ccc(F)c3Cl)c2)cc1. The maximum Gasteiger partial charge on any atom is 0.232 e. The second-order valence-corrected chi connectivity index (χ2v) is 8.69. The Morgan fingerprint density at radius 3 is 2.43 bits per heavy atom. The summed E-state index contributed by atoms with van der Waals surface area (Å²) in [6, 6.07) is 10.1. The van der Waals surface area contributed by atoms with Gasteiger partial charge in [0.1, 0.15) is 18.2 Å². The minimum atomic E-state index is -3.37. The highest BCUT2D eigenvalue weighted by atomic mass is 35.5. The molecule has 3 aromatic rings. The van der Waals surface area contributed by atoms with E-state index in [4.69, 9.17) is 22.1 Å². The molecule has 0 amide bonds. The van der Waals surface area contributed by atoms with Gasteiger partial charge < -0.3 is 10.5 Å². The lowest BCUT2D eigenvalue weighted by Gasteiger charge is -2.12. The first-order valence-electron chi connectivity index (χ1n) is 8.82. The predicted octanol–water partition coefficient (Wildman–Crippen LogP) is 4.60. The molecule has 3 N–H and O–H groups in total. The summed E-state index contributed by atoms with van der Waals surface area (Å²) >= 11 is 5.81. The fraction of sp³-hybridized carbons (Fsp3) is 0.150. The maximum absolute atomic E-state index is 13.9. The van der Waals surface area contributed by atoms with E-state index in [0.29, 0.717) is 11.3 Å². The van der Waals surface area contributed by atoms with Crippen molar-refractivity contribution in [2.75, 3.05) is 16.2 Å². The maximum atomic E-state index is 13.9. The van der Waals surface area contributed by atoms with Gasteiger partial charge in [-0.3, -0.25) is 4.72 Å². The summed E-state index contributed by atoms with van der Waals surface area (Å²) in [6.45, 7) is 1.21. The number of halogens is 3. The van der Waals surface area contributed by atoms with Gasteiger partial charge in [0, 0.05) is 23.0 Å². The molecule has 1 heterocycles. The van der Waals surface area contributed by atoms with E-state index < -0.39 is 21.7 Å². The molecule has 30 heavy (non-hydrogen) atoms. The molecule has 3 rings (SSSR count). The van der Waals surface area contributed by atoms with Crippen LogP contribution in [0.4, 0.5) is 20.3 Å². The van der Waals surface area contributed by atoms with Crippen molar-refractivity contribution in [3.05, 3.63) is 70.9 Å². The Hall–Kier alpha value is -2.91. The molecule has 0 fully saturated rings. The largest absolute Gasteiger partial charge is 0.485 e. The van der Waals surface area contributed by atoms with Crippen molar-refractivity contribution in [3.63, 3.8) is 0 Å². The van der Waals surface area contributed by atoms with E-state index in [-0.39, 0.29) is 34.5 Å². The van der Waals surface area contributed by atoms with Gasteiger partial charge in [0.2, 0.25) is 10.0 Å². The van der Waals surface area contributed by atoms with Crippen LogP contribution in [0.2, 0.25) is 5.02 Å². The zero-order valence-corrected chi connectivity index (χ0v) is 17.4. The number of benzene rings is 2. The number of hydrogen-bond donors (Lipinski definition) is 2. The number of sulfonamides is 1. The Morgan fingerprint density at radius 1 is 1.10 bits per heavy atom. The highest BCUT2D eigenvalue weighted by Gasteiger charge is 2.14. The van der Waals surface area contributed by atoms with Crippen molar-refractivity contribution >= 4 is 33.1 Å². The second-order valence-electron chi connectivity index (χ2n) is 6.30. The van der Waals surface area contributed by atoms with Gasteiger partial charge in [-0.25, -0.2) is 22.2 Å². The molecule has 0 unspecified atom stereocenters. The first-order valence-corrected chi connectivity index (χ1v) is 10.8. The van der Waals surface area contributed by atoms with Crippen LogP contribution in [0.3, 0.4) is 0 Å². The van der Waals surface area contributed by atoms with Gasteiger partial charge in [-0.05, 0) is 42.8 Å². The molecule has 0 aliphatic carbocycles. The average molecular weight is 454 g/mol. The lowest BCUT2D eigenvalue weighted by atomic mass is 10.1. The molecular formula is C20H18ClF2N3O3S. The van der Waals surface area contributed by atoms with Crippen LogP contribution >= 0.6 is 11.6 Å². The standard InChI is InChI=1S/C20H18ClF2N3O3S/c1-2-30(27,28)26-14-5-3-12(4-6-14)13-9-18(20(24)25-10-13)29-11-15-16(22)7-8-17(23)19(15)21/h3-10,26H,2,11H2,1H3,(H2,24,25). The molecular weight excluding hydrogens is 436 g/mol. The van der Waals surface area contributed by atoms with Crippen LogP contribution in [0.15, 0.2) is 48.7 Å².